The monoisotopic (exact) mass is 241 g/mol. The maximum Gasteiger partial charge on any atom is 0.0969 e. The minimum Gasteiger partial charge on any atom is -0.312 e. The first-order chi connectivity index (χ1) is 8.90. The summed E-state index contributed by atoms with van der Waals surface area (Å²) < 4.78 is 0. The number of benzene rings is 1. The van der Waals surface area contributed by atoms with Crippen molar-refractivity contribution in [3.8, 4) is 0 Å². The highest BCUT2D eigenvalue weighted by molar-refractivity contribution is 5.92. The summed E-state index contributed by atoms with van der Waals surface area (Å²) in [6.45, 7) is 4.22. The molecule has 0 saturated carbocycles. The number of aromatic nitrogens is 2. The van der Waals surface area contributed by atoms with Crippen molar-refractivity contribution in [1.82, 2.24) is 15.5 Å². The van der Waals surface area contributed by atoms with Crippen LogP contribution in [0.3, 0.4) is 0 Å². The van der Waals surface area contributed by atoms with Gasteiger partial charge in [-0.1, -0.05) is 37.6 Å². The molecule has 0 unspecified atom stereocenters. The summed E-state index contributed by atoms with van der Waals surface area (Å²) in [5, 5.41) is 12.4. The third-order valence-electron chi connectivity index (χ3n) is 3.54. The van der Waals surface area contributed by atoms with Crippen molar-refractivity contribution in [1.29, 1.82) is 0 Å². The quantitative estimate of drug-likeness (QED) is 0.867. The lowest BCUT2D eigenvalue weighted by atomic mass is 10.0. The van der Waals surface area contributed by atoms with Gasteiger partial charge in [0, 0.05) is 11.9 Å². The second kappa shape index (κ2) is 4.94. The van der Waals surface area contributed by atoms with Crippen molar-refractivity contribution in [3.63, 3.8) is 0 Å². The molecule has 0 spiro atoms. The summed E-state index contributed by atoms with van der Waals surface area (Å²) >= 11 is 0. The van der Waals surface area contributed by atoms with E-state index in [9.17, 15) is 0 Å². The maximum absolute atomic E-state index is 4.53. The van der Waals surface area contributed by atoms with Crippen molar-refractivity contribution in [2.45, 2.75) is 26.2 Å². The van der Waals surface area contributed by atoms with E-state index in [1.165, 1.54) is 22.0 Å². The average molecular weight is 241 g/mol. The van der Waals surface area contributed by atoms with Crippen molar-refractivity contribution in [2.24, 2.45) is 0 Å². The van der Waals surface area contributed by atoms with Crippen LogP contribution in [0.15, 0.2) is 24.3 Å². The Bertz CT molecular complexity index is 580. The normalized spacial score (nSPS) is 15.9. The highest BCUT2D eigenvalue weighted by atomic mass is 15.1. The Morgan fingerprint density at radius 1 is 1.33 bits per heavy atom. The van der Waals surface area contributed by atoms with Crippen LogP contribution < -0.4 is 5.32 Å². The van der Waals surface area contributed by atoms with Crippen molar-refractivity contribution >= 4 is 16.5 Å². The van der Waals surface area contributed by atoms with Crippen LogP contribution in [0.4, 0.5) is 0 Å². The fraction of sp³-hybridized carbons (Fsp3) is 0.400. The van der Waals surface area contributed by atoms with E-state index in [0.717, 1.165) is 38.0 Å². The molecular weight excluding hydrogens is 222 g/mol. The fourth-order valence-corrected chi connectivity index (χ4v) is 2.65. The first-order valence-electron chi connectivity index (χ1n) is 6.76. The van der Waals surface area contributed by atoms with Gasteiger partial charge in [0.2, 0.25) is 0 Å². The van der Waals surface area contributed by atoms with Crippen LogP contribution in [0.1, 0.15) is 31.0 Å². The lowest BCUT2D eigenvalue weighted by molar-refractivity contribution is 0.737. The lowest BCUT2D eigenvalue weighted by Crippen LogP contribution is -2.21. The van der Waals surface area contributed by atoms with E-state index in [2.05, 4.69) is 46.7 Å². The van der Waals surface area contributed by atoms with E-state index in [1.54, 1.807) is 0 Å². The average Bonchev–Trinajstić information content (AvgIpc) is 2.85. The Hall–Kier alpha value is -1.61. The molecule has 2 aromatic rings. The molecule has 1 aliphatic heterocycles. The van der Waals surface area contributed by atoms with Crippen LogP contribution in [0.5, 0.6) is 0 Å². The molecule has 0 fully saturated rings. The first kappa shape index (κ1) is 11.5. The van der Waals surface area contributed by atoms with Gasteiger partial charge in [0.25, 0.3) is 0 Å². The van der Waals surface area contributed by atoms with Gasteiger partial charge in [0.05, 0.1) is 11.2 Å². The molecule has 1 aromatic heterocycles. The van der Waals surface area contributed by atoms with Gasteiger partial charge in [-0.05, 0) is 30.5 Å². The van der Waals surface area contributed by atoms with E-state index in [0.29, 0.717) is 0 Å². The van der Waals surface area contributed by atoms with Gasteiger partial charge >= 0.3 is 0 Å². The van der Waals surface area contributed by atoms with E-state index in [-0.39, 0.29) is 0 Å². The fourth-order valence-electron chi connectivity index (χ4n) is 2.65. The van der Waals surface area contributed by atoms with Crippen molar-refractivity contribution in [3.05, 3.63) is 35.5 Å². The molecule has 2 heterocycles. The summed E-state index contributed by atoms with van der Waals surface area (Å²) in [5.74, 6) is 0. The number of hydrogen-bond acceptors (Lipinski definition) is 2. The van der Waals surface area contributed by atoms with E-state index < -0.39 is 0 Å². The second-order valence-corrected chi connectivity index (χ2v) is 4.86. The zero-order chi connectivity index (χ0) is 12.4. The van der Waals surface area contributed by atoms with Crippen molar-refractivity contribution in [2.75, 3.05) is 13.1 Å². The van der Waals surface area contributed by atoms with Gasteiger partial charge in [-0.25, -0.2) is 0 Å². The molecule has 1 aliphatic rings. The highest BCUT2D eigenvalue weighted by Crippen LogP contribution is 2.26. The molecule has 1 aromatic carbocycles. The largest absolute Gasteiger partial charge is 0.312 e. The number of nitrogens with zero attached hydrogens (tertiary/aromatic N) is 1. The highest BCUT2D eigenvalue weighted by Gasteiger charge is 2.13. The number of nitrogens with one attached hydrogen (secondary N) is 2. The molecule has 0 radical (unpaired) electrons. The SMILES string of the molecule is CCCc1cccc2c(C3=CCCNC3)n[nH]c12. The smallest absolute Gasteiger partial charge is 0.0969 e. The molecule has 3 nitrogen and oxygen atoms in total. The molecule has 3 heteroatoms. The Kier molecular flexibility index (Phi) is 3.15. The standard InChI is InChI=1S/C15H19N3/c1-2-5-11-6-3-8-13-14(11)17-18-15(13)12-7-4-9-16-10-12/h3,6-8,16H,2,4-5,9-10H2,1H3,(H,17,18). The number of para-hydroxylation sites is 1. The molecule has 0 saturated heterocycles. The predicted octanol–water partition coefficient (Wildman–Crippen LogP) is 2.89. The molecule has 18 heavy (non-hydrogen) atoms. The summed E-state index contributed by atoms with van der Waals surface area (Å²) in [6.07, 6.45) is 5.67. The number of aromatic amines is 1. The zero-order valence-electron chi connectivity index (χ0n) is 10.8. The molecule has 3 rings (SSSR count). The minimum absolute atomic E-state index is 0.929. The van der Waals surface area contributed by atoms with Crippen LogP contribution in [-0.4, -0.2) is 23.3 Å². The summed E-state index contributed by atoms with van der Waals surface area (Å²) in [6, 6.07) is 6.51. The van der Waals surface area contributed by atoms with E-state index >= 15 is 0 Å². The molecule has 0 aliphatic carbocycles. The number of fused-ring (bicyclic) bond motifs is 1. The van der Waals surface area contributed by atoms with Gasteiger partial charge in [0.1, 0.15) is 0 Å². The molecule has 0 amide bonds. The van der Waals surface area contributed by atoms with Crippen LogP contribution in [-0.2, 0) is 6.42 Å². The van der Waals surface area contributed by atoms with Gasteiger partial charge in [-0.2, -0.15) is 5.10 Å². The lowest BCUT2D eigenvalue weighted by Gasteiger charge is -2.12. The van der Waals surface area contributed by atoms with Crippen LogP contribution >= 0.6 is 0 Å². The Morgan fingerprint density at radius 2 is 2.28 bits per heavy atom. The molecule has 2 N–H and O–H groups in total. The number of aryl methyl sites for hydroxylation is 1. The Balaban J connectivity index is 2.09. The number of hydrogen-bond donors (Lipinski definition) is 2. The predicted molar refractivity (Wildman–Crippen MR) is 75.6 cm³/mol. The maximum atomic E-state index is 4.53. The second-order valence-electron chi connectivity index (χ2n) is 4.86. The third-order valence-corrected chi connectivity index (χ3v) is 3.54. The first-order valence-corrected chi connectivity index (χ1v) is 6.76. The van der Waals surface area contributed by atoms with Gasteiger partial charge in [-0.15, -0.1) is 0 Å². The molecule has 0 atom stereocenters. The molecule has 0 bridgehead atoms. The van der Waals surface area contributed by atoms with Gasteiger partial charge in [0.15, 0.2) is 0 Å². The van der Waals surface area contributed by atoms with Crippen LogP contribution in [0.2, 0.25) is 0 Å². The van der Waals surface area contributed by atoms with Crippen LogP contribution in [0.25, 0.3) is 16.5 Å². The summed E-state index contributed by atoms with van der Waals surface area (Å²) in [4.78, 5) is 0. The Morgan fingerprint density at radius 3 is 3.06 bits per heavy atom. The third kappa shape index (κ3) is 1.95. The number of H-pyrrole nitrogens is 1. The number of rotatable bonds is 3. The van der Waals surface area contributed by atoms with Crippen LogP contribution in [0, 0.1) is 0 Å². The minimum atomic E-state index is 0.929. The molecular formula is C15H19N3. The van der Waals surface area contributed by atoms with Gasteiger partial charge in [-0.3, -0.25) is 5.10 Å². The van der Waals surface area contributed by atoms with Crippen molar-refractivity contribution < 1.29 is 0 Å². The Labute approximate surface area is 107 Å². The topological polar surface area (TPSA) is 40.7 Å². The zero-order valence-corrected chi connectivity index (χ0v) is 10.8. The summed E-state index contributed by atoms with van der Waals surface area (Å²) in [7, 11) is 0. The van der Waals surface area contributed by atoms with Gasteiger partial charge < -0.3 is 5.32 Å². The molecule has 94 valence electrons. The van der Waals surface area contributed by atoms with E-state index in [4.69, 9.17) is 0 Å². The summed E-state index contributed by atoms with van der Waals surface area (Å²) in [5.41, 5.74) is 5.02. The van der Waals surface area contributed by atoms with E-state index in [1.807, 2.05) is 0 Å².